The SMILES string of the molecule is COc1ccc(Oc2ccc(C(F)(F)F)c(OC)c2)cc1NC(=O)C1CCC(=O)N1C. The maximum atomic E-state index is 13.0. The highest BCUT2D eigenvalue weighted by atomic mass is 19.4. The second kappa shape index (κ2) is 8.75. The number of alkyl halides is 3. The number of nitrogens with zero attached hydrogens (tertiary/aromatic N) is 1. The van der Waals surface area contributed by atoms with E-state index in [1.54, 1.807) is 19.2 Å². The Morgan fingerprint density at radius 3 is 2.29 bits per heavy atom. The maximum Gasteiger partial charge on any atom is 0.419 e. The van der Waals surface area contributed by atoms with Crippen LogP contribution < -0.4 is 19.5 Å². The van der Waals surface area contributed by atoms with E-state index in [2.05, 4.69) is 5.32 Å². The Hall–Kier alpha value is -3.43. The van der Waals surface area contributed by atoms with Crippen LogP contribution in [0.5, 0.6) is 23.0 Å². The summed E-state index contributed by atoms with van der Waals surface area (Å²) < 4.78 is 54.8. The Morgan fingerprint density at radius 1 is 1.06 bits per heavy atom. The van der Waals surface area contributed by atoms with E-state index in [0.717, 1.165) is 19.2 Å². The fraction of sp³-hybridized carbons (Fsp3) is 0.333. The van der Waals surface area contributed by atoms with Gasteiger partial charge in [-0.15, -0.1) is 0 Å². The minimum absolute atomic E-state index is 0.111. The summed E-state index contributed by atoms with van der Waals surface area (Å²) in [6, 6.07) is 7.16. The number of likely N-dealkylation sites (N-methyl/N-ethyl adjacent to an activating group) is 1. The van der Waals surface area contributed by atoms with Crippen LogP contribution in [0.4, 0.5) is 18.9 Å². The first kappa shape index (κ1) is 22.3. The number of rotatable bonds is 6. The van der Waals surface area contributed by atoms with Gasteiger partial charge in [0, 0.05) is 25.6 Å². The van der Waals surface area contributed by atoms with Crippen LogP contribution in [0.25, 0.3) is 0 Å². The first-order valence-corrected chi connectivity index (χ1v) is 9.31. The minimum atomic E-state index is -4.56. The van der Waals surface area contributed by atoms with Crippen LogP contribution in [0.1, 0.15) is 18.4 Å². The predicted molar refractivity (Wildman–Crippen MR) is 105 cm³/mol. The molecule has 0 spiro atoms. The summed E-state index contributed by atoms with van der Waals surface area (Å²) in [5.41, 5.74) is -0.614. The monoisotopic (exact) mass is 438 g/mol. The van der Waals surface area contributed by atoms with Crippen molar-refractivity contribution in [2.75, 3.05) is 26.6 Å². The molecule has 2 amide bonds. The Bertz CT molecular complexity index is 993. The molecule has 1 aliphatic rings. The second-order valence-electron chi connectivity index (χ2n) is 6.87. The molecule has 1 N–H and O–H groups in total. The van der Waals surface area contributed by atoms with Gasteiger partial charge >= 0.3 is 6.18 Å². The normalized spacial score (nSPS) is 16.3. The van der Waals surface area contributed by atoms with E-state index >= 15 is 0 Å². The molecule has 1 atom stereocenters. The molecule has 10 heteroatoms. The van der Waals surface area contributed by atoms with Crippen LogP contribution in [-0.4, -0.2) is 44.0 Å². The highest BCUT2D eigenvalue weighted by molar-refractivity contribution is 5.99. The average Bonchev–Trinajstić information content (AvgIpc) is 3.06. The van der Waals surface area contributed by atoms with Crippen LogP contribution in [0.15, 0.2) is 36.4 Å². The zero-order valence-corrected chi connectivity index (χ0v) is 17.1. The van der Waals surface area contributed by atoms with E-state index in [-0.39, 0.29) is 29.1 Å². The van der Waals surface area contributed by atoms with Gasteiger partial charge in [0.15, 0.2) is 0 Å². The summed E-state index contributed by atoms with van der Waals surface area (Å²) >= 11 is 0. The number of carbonyl (C=O) groups is 2. The highest BCUT2D eigenvalue weighted by Crippen LogP contribution is 2.39. The van der Waals surface area contributed by atoms with Crippen LogP contribution in [0, 0.1) is 0 Å². The molecule has 31 heavy (non-hydrogen) atoms. The fourth-order valence-corrected chi connectivity index (χ4v) is 3.28. The summed E-state index contributed by atoms with van der Waals surface area (Å²) in [6.45, 7) is 0. The molecule has 2 aromatic carbocycles. The molecule has 0 aliphatic carbocycles. The molecule has 1 heterocycles. The number of hydrogen-bond acceptors (Lipinski definition) is 5. The Morgan fingerprint density at radius 2 is 1.71 bits per heavy atom. The number of anilines is 1. The number of methoxy groups -OCH3 is 2. The molecule has 0 bridgehead atoms. The van der Waals surface area contributed by atoms with Crippen molar-refractivity contribution in [2.24, 2.45) is 0 Å². The Balaban J connectivity index is 1.82. The van der Waals surface area contributed by atoms with E-state index in [4.69, 9.17) is 14.2 Å². The molecular weight excluding hydrogens is 417 g/mol. The lowest BCUT2D eigenvalue weighted by Crippen LogP contribution is -2.38. The second-order valence-corrected chi connectivity index (χ2v) is 6.87. The molecule has 1 aliphatic heterocycles. The van der Waals surface area contributed by atoms with Crippen LogP contribution in [0.2, 0.25) is 0 Å². The molecule has 2 aromatic rings. The lowest BCUT2D eigenvalue weighted by atomic mass is 10.2. The first-order chi connectivity index (χ1) is 14.6. The lowest BCUT2D eigenvalue weighted by molar-refractivity contribution is -0.138. The number of likely N-dealkylation sites (tertiary alicyclic amines) is 1. The molecule has 3 rings (SSSR count). The van der Waals surface area contributed by atoms with Gasteiger partial charge in [0.05, 0.1) is 25.5 Å². The standard InChI is InChI=1S/C21H21F3N2O5/c1-26-16(7-9-19(26)27)20(28)25-15-10-12(5-8-17(15)29-2)31-13-4-6-14(21(22,23)24)18(11-13)30-3/h4-6,8,10-11,16H,7,9H2,1-3H3,(H,25,28). The number of benzene rings is 2. The van der Waals surface area contributed by atoms with Gasteiger partial charge in [-0.2, -0.15) is 13.2 Å². The minimum Gasteiger partial charge on any atom is -0.496 e. The molecule has 0 radical (unpaired) electrons. The van der Waals surface area contributed by atoms with Gasteiger partial charge in [0.25, 0.3) is 0 Å². The van der Waals surface area contributed by atoms with Crippen LogP contribution in [0.3, 0.4) is 0 Å². The van der Waals surface area contributed by atoms with E-state index in [0.29, 0.717) is 24.3 Å². The zero-order valence-electron chi connectivity index (χ0n) is 17.1. The van der Waals surface area contributed by atoms with Crippen molar-refractivity contribution in [2.45, 2.75) is 25.1 Å². The zero-order chi connectivity index (χ0) is 22.8. The van der Waals surface area contributed by atoms with Crippen molar-refractivity contribution >= 4 is 17.5 Å². The highest BCUT2D eigenvalue weighted by Gasteiger charge is 2.35. The molecule has 7 nitrogen and oxygen atoms in total. The van der Waals surface area contributed by atoms with Crippen molar-refractivity contribution in [1.29, 1.82) is 0 Å². The van der Waals surface area contributed by atoms with Crippen molar-refractivity contribution in [3.63, 3.8) is 0 Å². The fourth-order valence-electron chi connectivity index (χ4n) is 3.28. The van der Waals surface area contributed by atoms with Crippen LogP contribution >= 0.6 is 0 Å². The largest absolute Gasteiger partial charge is 0.496 e. The van der Waals surface area contributed by atoms with E-state index in [1.807, 2.05) is 0 Å². The maximum absolute atomic E-state index is 13.0. The molecule has 0 saturated carbocycles. The quantitative estimate of drug-likeness (QED) is 0.736. The Kier molecular flexibility index (Phi) is 6.28. The molecule has 1 unspecified atom stereocenters. The molecule has 1 fully saturated rings. The summed E-state index contributed by atoms with van der Waals surface area (Å²) in [6.07, 6.45) is -3.86. The smallest absolute Gasteiger partial charge is 0.419 e. The number of amides is 2. The van der Waals surface area contributed by atoms with Gasteiger partial charge in [0.2, 0.25) is 11.8 Å². The number of hydrogen-bond donors (Lipinski definition) is 1. The molecule has 1 saturated heterocycles. The van der Waals surface area contributed by atoms with Crippen molar-refractivity contribution < 1.29 is 37.0 Å². The van der Waals surface area contributed by atoms with Gasteiger partial charge in [0.1, 0.15) is 29.0 Å². The van der Waals surface area contributed by atoms with Gasteiger partial charge in [-0.1, -0.05) is 0 Å². The summed E-state index contributed by atoms with van der Waals surface area (Å²) in [7, 11) is 4.13. The third-order valence-electron chi connectivity index (χ3n) is 4.94. The molecule has 166 valence electrons. The molecule has 0 aromatic heterocycles. The number of halogens is 3. The van der Waals surface area contributed by atoms with Gasteiger partial charge in [-0.25, -0.2) is 0 Å². The van der Waals surface area contributed by atoms with Gasteiger partial charge in [-0.3, -0.25) is 9.59 Å². The van der Waals surface area contributed by atoms with Crippen LogP contribution in [-0.2, 0) is 15.8 Å². The lowest BCUT2D eigenvalue weighted by Gasteiger charge is -2.20. The molecular formula is C21H21F3N2O5. The van der Waals surface area contributed by atoms with Gasteiger partial charge < -0.3 is 24.4 Å². The van der Waals surface area contributed by atoms with Crippen molar-refractivity contribution in [3.05, 3.63) is 42.0 Å². The third kappa shape index (κ3) is 4.84. The summed E-state index contributed by atoms with van der Waals surface area (Å²) in [5, 5.41) is 2.72. The van der Waals surface area contributed by atoms with Gasteiger partial charge in [-0.05, 0) is 30.7 Å². The number of ether oxygens (including phenoxy) is 3. The van der Waals surface area contributed by atoms with E-state index in [9.17, 15) is 22.8 Å². The number of nitrogens with one attached hydrogen (secondary N) is 1. The average molecular weight is 438 g/mol. The number of carbonyl (C=O) groups excluding carboxylic acids is 2. The summed E-state index contributed by atoms with van der Waals surface area (Å²) in [5.74, 6) is -0.124. The van der Waals surface area contributed by atoms with Crippen molar-refractivity contribution in [1.82, 2.24) is 4.90 Å². The third-order valence-corrected chi connectivity index (χ3v) is 4.94. The summed E-state index contributed by atoms with van der Waals surface area (Å²) in [4.78, 5) is 25.7. The van der Waals surface area contributed by atoms with E-state index in [1.165, 1.54) is 24.1 Å². The Labute approximate surface area is 176 Å². The van der Waals surface area contributed by atoms with Crippen molar-refractivity contribution in [3.8, 4) is 23.0 Å². The predicted octanol–water partition coefficient (Wildman–Crippen LogP) is 4.07. The first-order valence-electron chi connectivity index (χ1n) is 9.31. The topological polar surface area (TPSA) is 77.1 Å². The van der Waals surface area contributed by atoms with E-state index < -0.39 is 17.8 Å².